The summed E-state index contributed by atoms with van der Waals surface area (Å²) in [7, 11) is 0. The van der Waals surface area contributed by atoms with Crippen LogP contribution >= 0.6 is 11.3 Å². The number of ether oxygens (including phenoxy) is 2. The first-order valence-corrected chi connectivity index (χ1v) is 8.27. The molecule has 9 heteroatoms. The zero-order chi connectivity index (χ0) is 17.4. The van der Waals surface area contributed by atoms with E-state index in [-0.39, 0.29) is 6.79 Å². The third-order valence-electron chi connectivity index (χ3n) is 3.69. The van der Waals surface area contributed by atoms with Crippen LogP contribution < -0.4 is 14.8 Å². The molecule has 5 nitrogen and oxygen atoms in total. The fourth-order valence-corrected chi connectivity index (χ4v) is 3.34. The number of aromatic nitrogens is 2. The van der Waals surface area contributed by atoms with Gasteiger partial charge < -0.3 is 14.8 Å². The second-order valence-corrected chi connectivity index (χ2v) is 6.46. The first-order chi connectivity index (χ1) is 12.0. The predicted octanol–water partition coefficient (Wildman–Crippen LogP) is 4.09. The lowest BCUT2D eigenvalue weighted by molar-refractivity contribution is -0.134. The van der Waals surface area contributed by atoms with E-state index in [0.29, 0.717) is 46.2 Å². The minimum atomic E-state index is -4.36. The summed E-state index contributed by atoms with van der Waals surface area (Å²) in [6, 6.07) is 6.76. The summed E-state index contributed by atoms with van der Waals surface area (Å²) in [5.74, 6) is 1.75. The van der Waals surface area contributed by atoms with Crippen molar-refractivity contribution in [3.8, 4) is 11.5 Å². The Hall–Kier alpha value is -2.55. The Bertz CT molecular complexity index is 927. The highest BCUT2D eigenvalue weighted by atomic mass is 32.1. The molecule has 0 bridgehead atoms. The average Bonchev–Trinajstić information content (AvgIpc) is 3.20. The van der Waals surface area contributed by atoms with Crippen LogP contribution in [0, 0.1) is 0 Å². The van der Waals surface area contributed by atoms with E-state index in [0.717, 1.165) is 17.4 Å². The van der Waals surface area contributed by atoms with Crippen molar-refractivity contribution in [2.45, 2.75) is 12.6 Å². The summed E-state index contributed by atoms with van der Waals surface area (Å²) in [5, 5.41) is 3.42. The summed E-state index contributed by atoms with van der Waals surface area (Å²) in [5.41, 5.74) is 1.05. The quantitative estimate of drug-likeness (QED) is 0.753. The number of nitrogens with one attached hydrogen (secondary N) is 1. The molecule has 0 fully saturated rings. The molecule has 4 rings (SSSR count). The van der Waals surface area contributed by atoms with Crippen LogP contribution in [-0.2, 0) is 12.6 Å². The Morgan fingerprint density at radius 1 is 1.16 bits per heavy atom. The van der Waals surface area contributed by atoms with E-state index >= 15 is 0 Å². The Morgan fingerprint density at radius 2 is 2.00 bits per heavy atom. The van der Waals surface area contributed by atoms with Gasteiger partial charge in [-0.2, -0.15) is 13.2 Å². The molecule has 0 atom stereocenters. The van der Waals surface area contributed by atoms with Crippen molar-refractivity contribution in [1.82, 2.24) is 9.97 Å². The van der Waals surface area contributed by atoms with Gasteiger partial charge in [0.2, 0.25) is 12.7 Å². The highest BCUT2D eigenvalue weighted by molar-refractivity contribution is 7.18. The number of thiophene rings is 1. The molecular weight excluding hydrogens is 355 g/mol. The monoisotopic (exact) mass is 367 g/mol. The molecule has 25 heavy (non-hydrogen) atoms. The molecule has 3 heterocycles. The van der Waals surface area contributed by atoms with Crippen LogP contribution in [0.2, 0.25) is 0 Å². The van der Waals surface area contributed by atoms with Crippen molar-refractivity contribution in [2.24, 2.45) is 0 Å². The molecule has 1 aliphatic heterocycles. The average molecular weight is 367 g/mol. The lowest BCUT2D eigenvalue weighted by atomic mass is 10.1. The molecule has 0 radical (unpaired) electrons. The SMILES string of the molecule is FC(F)(F)c1cc2cnc(NCCc3ccc4c(c3)OCO4)nc2s1. The zero-order valence-corrected chi connectivity index (χ0v) is 13.6. The van der Waals surface area contributed by atoms with Gasteiger partial charge in [0.15, 0.2) is 11.5 Å². The first-order valence-electron chi connectivity index (χ1n) is 7.45. The van der Waals surface area contributed by atoms with Gasteiger partial charge in [0.25, 0.3) is 0 Å². The fraction of sp³-hybridized carbons (Fsp3) is 0.250. The van der Waals surface area contributed by atoms with Gasteiger partial charge in [-0.3, -0.25) is 0 Å². The van der Waals surface area contributed by atoms with E-state index in [9.17, 15) is 13.2 Å². The first kappa shape index (κ1) is 15.9. The molecule has 0 unspecified atom stereocenters. The largest absolute Gasteiger partial charge is 0.454 e. The lowest BCUT2D eigenvalue weighted by Crippen LogP contribution is -2.07. The number of hydrogen-bond donors (Lipinski definition) is 1. The molecule has 2 aromatic heterocycles. The number of benzene rings is 1. The Kier molecular flexibility index (Phi) is 3.87. The summed E-state index contributed by atoms with van der Waals surface area (Å²) in [4.78, 5) is 7.85. The van der Waals surface area contributed by atoms with E-state index in [4.69, 9.17) is 9.47 Å². The van der Waals surface area contributed by atoms with E-state index < -0.39 is 11.1 Å². The van der Waals surface area contributed by atoms with Crippen LogP contribution in [-0.4, -0.2) is 23.3 Å². The maximum atomic E-state index is 12.7. The van der Waals surface area contributed by atoms with Gasteiger partial charge in [-0.15, -0.1) is 11.3 Å². The molecule has 3 aromatic rings. The highest BCUT2D eigenvalue weighted by Crippen LogP contribution is 2.37. The molecule has 0 aliphatic carbocycles. The number of hydrogen-bond acceptors (Lipinski definition) is 6. The predicted molar refractivity (Wildman–Crippen MR) is 87.2 cm³/mol. The van der Waals surface area contributed by atoms with Crippen LogP contribution in [0.5, 0.6) is 11.5 Å². The standard InChI is InChI=1S/C16H12F3N3O2S/c17-16(18,19)13-6-10-7-21-15(22-14(10)25-13)20-4-3-9-1-2-11-12(5-9)24-8-23-11/h1-2,5-7H,3-4,8H2,(H,20,21,22). The van der Waals surface area contributed by atoms with Gasteiger partial charge >= 0.3 is 6.18 Å². The maximum absolute atomic E-state index is 12.7. The number of halogens is 3. The van der Waals surface area contributed by atoms with Gasteiger partial charge in [0.05, 0.1) is 0 Å². The van der Waals surface area contributed by atoms with E-state index in [2.05, 4.69) is 15.3 Å². The number of anilines is 1. The molecule has 1 N–H and O–H groups in total. The van der Waals surface area contributed by atoms with Gasteiger partial charge in [0, 0.05) is 18.1 Å². The fourth-order valence-electron chi connectivity index (χ4n) is 2.47. The Morgan fingerprint density at radius 3 is 2.84 bits per heavy atom. The minimum Gasteiger partial charge on any atom is -0.454 e. The molecule has 0 spiro atoms. The maximum Gasteiger partial charge on any atom is 0.425 e. The van der Waals surface area contributed by atoms with Gasteiger partial charge in [-0.1, -0.05) is 6.07 Å². The van der Waals surface area contributed by atoms with Gasteiger partial charge in [-0.05, 0) is 30.2 Å². The third kappa shape index (κ3) is 3.32. The van der Waals surface area contributed by atoms with Gasteiger partial charge in [-0.25, -0.2) is 9.97 Å². The molecule has 1 aromatic carbocycles. The highest BCUT2D eigenvalue weighted by Gasteiger charge is 2.33. The number of nitrogens with zero attached hydrogens (tertiary/aromatic N) is 2. The van der Waals surface area contributed by atoms with Crippen molar-refractivity contribution < 1.29 is 22.6 Å². The van der Waals surface area contributed by atoms with Crippen molar-refractivity contribution in [3.05, 3.63) is 40.9 Å². The molecule has 130 valence electrons. The molecule has 1 aliphatic rings. The van der Waals surface area contributed by atoms with Crippen molar-refractivity contribution in [2.75, 3.05) is 18.7 Å². The summed E-state index contributed by atoms with van der Waals surface area (Å²) in [6.07, 6.45) is -2.27. The topological polar surface area (TPSA) is 56.3 Å². The molecular formula is C16H12F3N3O2S. The summed E-state index contributed by atoms with van der Waals surface area (Å²) in [6.45, 7) is 0.772. The van der Waals surface area contributed by atoms with Crippen molar-refractivity contribution in [3.63, 3.8) is 0 Å². The van der Waals surface area contributed by atoms with Crippen LogP contribution in [0.1, 0.15) is 10.4 Å². The van der Waals surface area contributed by atoms with Gasteiger partial charge in [0.1, 0.15) is 9.71 Å². The second-order valence-electron chi connectivity index (χ2n) is 5.43. The molecule has 0 saturated heterocycles. The third-order valence-corrected chi connectivity index (χ3v) is 4.78. The second kappa shape index (κ2) is 6.07. The summed E-state index contributed by atoms with van der Waals surface area (Å²) < 4.78 is 48.8. The van der Waals surface area contributed by atoms with Crippen LogP contribution in [0.4, 0.5) is 19.1 Å². The Balaban J connectivity index is 1.42. The number of rotatable bonds is 4. The lowest BCUT2D eigenvalue weighted by Gasteiger charge is -2.05. The zero-order valence-electron chi connectivity index (χ0n) is 12.8. The van der Waals surface area contributed by atoms with Crippen molar-refractivity contribution in [1.29, 1.82) is 0 Å². The number of alkyl halides is 3. The summed E-state index contributed by atoms with van der Waals surface area (Å²) >= 11 is 0.615. The Labute approximate surface area is 144 Å². The van der Waals surface area contributed by atoms with Crippen LogP contribution in [0.3, 0.4) is 0 Å². The minimum absolute atomic E-state index is 0.228. The normalized spacial score (nSPS) is 13.4. The van der Waals surface area contributed by atoms with E-state index in [1.807, 2.05) is 18.2 Å². The van der Waals surface area contributed by atoms with E-state index in [1.54, 1.807) is 0 Å². The van der Waals surface area contributed by atoms with Crippen LogP contribution in [0.15, 0.2) is 30.5 Å². The molecule has 0 saturated carbocycles. The number of fused-ring (bicyclic) bond motifs is 2. The van der Waals surface area contributed by atoms with Crippen molar-refractivity contribution >= 4 is 27.5 Å². The van der Waals surface area contributed by atoms with E-state index in [1.165, 1.54) is 6.20 Å². The molecule has 0 amide bonds. The van der Waals surface area contributed by atoms with Crippen LogP contribution in [0.25, 0.3) is 10.2 Å². The smallest absolute Gasteiger partial charge is 0.425 e.